The van der Waals surface area contributed by atoms with Crippen molar-refractivity contribution >= 4 is 46.4 Å². The fraction of sp³-hybridized carbons (Fsp3) is 0.538. The fourth-order valence-corrected chi connectivity index (χ4v) is 3.98. The fourth-order valence-electron chi connectivity index (χ4n) is 2.52. The number of aliphatic carboxylic acids is 1. The van der Waals surface area contributed by atoms with Crippen LogP contribution < -0.4 is 5.32 Å². The van der Waals surface area contributed by atoms with Gasteiger partial charge in [0, 0.05) is 6.04 Å². The normalized spacial score (nSPS) is 23.1. The minimum absolute atomic E-state index is 0.315. The number of hydrogen-bond acceptors (Lipinski definition) is 3. The predicted molar refractivity (Wildman–Crippen MR) is 79.8 cm³/mol. The van der Waals surface area contributed by atoms with E-state index in [0.29, 0.717) is 27.1 Å². The number of hydrogen-bond donors (Lipinski definition) is 2. The highest BCUT2D eigenvalue weighted by atomic mass is 35.5. The molecule has 1 aliphatic rings. The maximum absolute atomic E-state index is 12.2. The van der Waals surface area contributed by atoms with E-state index in [1.54, 1.807) is 0 Å². The van der Waals surface area contributed by atoms with Gasteiger partial charge in [-0.05, 0) is 18.9 Å². The van der Waals surface area contributed by atoms with Crippen molar-refractivity contribution in [3.8, 4) is 0 Å². The first kappa shape index (κ1) is 15.6. The maximum atomic E-state index is 12.2. The van der Waals surface area contributed by atoms with Crippen molar-refractivity contribution in [2.45, 2.75) is 38.1 Å². The number of carboxylic acid groups (broad SMARTS) is 1. The van der Waals surface area contributed by atoms with Gasteiger partial charge in [-0.15, -0.1) is 11.3 Å². The summed E-state index contributed by atoms with van der Waals surface area (Å²) in [5, 5.41) is 12.1. The average molecular weight is 336 g/mol. The van der Waals surface area contributed by atoms with Gasteiger partial charge in [0.2, 0.25) is 0 Å². The van der Waals surface area contributed by atoms with Crippen LogP contribution in [0.4, 0.5) is 0 Å². The summed E-state index contributed by atoms with van der Waals surface area (Å²) < 4.78 is 0.767. The summed E-state index contributed by atoms with van der Waals surface area (Å²) in [6.07, 6.45) is 4.08. The Labute approximate surface area is 131 Å². The van der Waals surface area contributed by atoms with Crippen LogP contribution in [0.15, 0.2) is 6.07 Å². The minimum Gasteiger partial charge on any atom is -0.481 e. The molecule has 1 aromatic rings. The molecular weight excluding hydrogens is 321 g/mol. The summed E-state index contributed by atoms with van der Waals surface area (Å²) in [4.78, 5) is 23.5. The van der Waals surface area contributed by atoms with Crippen molar-refractivity contribution < 1.29 is 14.7 Å². The Balaban J connectivity index is 2.11. The Morgan fingerprint density at radius 3 is 2.55 bits per heavy atom. The highest BCUT2D eigenvalue weighted by Crippen LogP contribution is 2.31. The molecule has 4 nitrogen and oxygen atoms in total. The van der Waals surface area contributed by atoms with Gasteiger partial charge in [-0.3, -0.25) is 9.59 Å². The number of halogens is 2. The third-order valence-electron chi connectivity index (χ3n) is 3.55. The van der Waals surface area contributed by atoms with E-state index in [0.717, 1.165) is 30.6 Å². The summed E-state index contributed by atoms with van der Waals surface area (Å²) in [5.74, 6) is -1.74. The third-order valence-corrected chi connectivity index (χ3v) is 5.04. The number of nitrogens with one attached hydrogen (secondary N) is 1. The van der Waals surface area contributed by atoms with E-state index in [9.17, 15) is 14.7 Å². The molecule has 0 aromatic carbocycles. The molecule has 1 fully saturated rings. The van der Waals surface area contributed by atoms with Crippen molar-refractivity contribution in [1.29, 1.82) is 0 Å². The van der Waals surface area contributed by atoms with Crippen molar-refractivity contribution in [2.75, 3.05) is 0 Å². The minimum atomic E-state index is -0.855. The topological polar surface area (TPSA) is 66.4 Å². The molecule has 0 spiro atoms. The molecule has 0 bridgehead atoms. The van der Waals surface area contributed by atoms with Gasteiger partial charge in [0.15, 0.2) is 0 Å². The molecule has 1 amide bonds. The first-order valence-electron chi connectivity index (χ1n) is 6.47. The number of thiophene rings is 1. The van der Waals surface area contributed by atoms with Gasteiger partial charge in [-0.1, -0.05) is 42.5 Å². The molecule has 2 atom stereocenters. The molecule has 20 heavy (non-hydrogen) atoms. The first-order chi connectivity index (χ1) is 9.49. The molecule has 1 saturated carbocycles. The van der Waals surface area contributed by atoms with Crippen LogP contribution in [0.2, 0.25) is 8.67 Å². The molecule has 110 valence electrons. The van der Waals surface area contributed by atoms with Crippen LogP contribution >= 0.6 is 34.5 Å². The predicted octanol–water partition coefficient (Wildman–Crippen LogP) is 3.82. The van der Waals surface area contributed by atoms with Crippen molar-refractivity contribution in [3.63, 3.8) is 0 Å². The SMILES string of the molecule is O=C(N[C@H]1CCCCC[C@H]1C(=O)O)c1cc(Cl)sc1Cl. The van der Waals surface area contributed by atoms with Gasteiger partial charge in [0.1, 0.15) is 4.34 Å². The molecule has 2 N–H and O–H groups in total. The first-order valence-corrected chi connectivity index (χ1v) is 8.05. The molecule has 0 unspecified atom stereocenters. The average Bonchev–Trinajstić information content (AvgIpc) is 2.60. The molecule has 1 heterocycles. The molecule has 1 aliphatic carbocycles. The number of carboxylic acids is 1. The van der Waals surface area contributed by atoms with Crippen LogP contribution in [0.3, 0.4) is 0 Å². The second-order valence-electron chi connectivity index (χ2n) is 4.90. The van der Waals surface area contributed by atoms with Crippen molar-refractivity contribution in [2.24, 2.45) is 5.92 Å². The lowest BCUT2D eigenvalue weighted by Gasteiger charge is -2.22. The monoisotopic (exact) mass is 335 g/mol. The zero-order chi connectivity index (χ0) is 14.7. The molecule has 1 aromatic heterocycles. The molecular formula is C13H15Cl2NO3S. The van der Waals surface area contributed by atoms with Gasteiger partial charge in [-0.25, -0.2) is 0 Å². The Morgan fingerprint density at radius 1 is 1.25 bits per heavy atom. The number of carbonyl (C=O) groups excluding carboxylic acids is 1. The standard InChI is InChI=1S/C13H15Cl2NO3S/c14-10-6-8(11(15)20-10)12(17)16-9-5-3-1-2-4-7(9)13(18)19/h6-7,9H,1-5H2,(H,16,17)(H,18,19)/t7-,9+/m1/s1. The van der Waals surface area contributed by atoms with E-state index in [1.165, 1.54) is 6.07 Å². The zero-order valence-electron chi connectivity index (χ0n) is 10.7. The number of carbonyl (C=O) groups is 2. The Hall–Kier alpha value is -0.780. The van der Waals surface area contributed by atoms with Crippen LogP contribution in [0.1, 0.15) is 42.5 Å². The molecule has 2 rings (SSSR count). The lowest BCUT2D eigenvalue weighted by atomic mass is 9.94. The summed E-state index contributed by atoms with van der Waals surface area (Å²) >= 11 is 12.9. The molecule has 0 aliphatic heterocycles. The van der Waals surface area contributed by atoms with Gasteiger partial charge in [0.25, 0.3) is 5.91 Å². The van der Waals surface area contributed by atoms with Crippen LogP contribution in [0, 0.1) is 5.92 Å². The molecule has 7 heteroatoms. The van der Waals surface area contributed by atoms with Crippen LogP contribution in [0.5, 0.6) is 0 Å². The van der Waals surface area contributed by atoms with E-state index in [4.69, 9.17) is 23.2 Å². The van der Waals surface area contributed by atoms with E-state index in [1.807, 2.05) is 0 Å². The molecule has 0 saturated heterocycles. The summed E-state index contributed by atoms with van der Waals surface area (Å²) in [7, 11) is 0. The Morgan fingerprint density at radius 2 is 1.95 bits per heavy atom. The van der Waals surface area contributed by atoms with Gasteiger partial charge in [-0.2, -0.15) is 0 Å². The summed E-state index contributed by atoms with van der Waals surface area (Å²) in [5.41, 5.74) is 0.315. The van der Waals surface area contributed by atoms with E-state index >= 15 is 0 Å². The summed E-state index contributed by atoms with van der Waals surface area (Å²) in [6, 6.07) is 1.16. The van der Waals surface area contributed by atoms with Crippen LogP contribution in [-0.2, 0) is 4.79 Å². The van der Waals surface area contributed by atoms with Crippen LogP contribution in [0.25, 0.3) is 0 Å². The van der Waals surface area contributed by atoms with Gasteiger partial charge >= 0.3 is 5.97 Å². The lowest BCUT2D eigenvalue weighted by molar-refractivity contribution is -0.142. The number of amides is 1. The zero-order valence-corrected chi connectivity index (χ0v) is 13.0. The Kier molecular flexibility index (Phi) is 5.29. The van der Waals surface area contributed by atoms with E-state index in [2.05, 4.69) is 5.32 Å². The largest absolute Gasteiger partial charge is 0.481 e. The van der Waals surface area contributed by atoms with Gasteiger partial charge in [0.05, 0.1) is 15.8 Å². The Bertz CT molecular complexity index is 518. The smallest absolute Gasteiger partial charge is 0.308 e. The number of rotatable bonds is 3. The highest BCUT2D eigenvalue weighted by Gasteiger charge is 2.31. The highest BCUT2D eigenvalue weighted by molar-refractivity contribution is 7.20. The third kappa shape index (κ3) is 3.65. The lowest BCUT2D eigenvalue weighted by Crippen LogP contribution is -2.42. The summed E-state index contributed by atoms with van der Waals surface area (Å²) in [6.45, 7) is 0. The van der Waals surface area contributed by atoms with Gasteiger partial charge < -0.3 is 10.4 Å². The quantitative estimate of drug-likeness (QED) is 0.825. The van der Waals surface area contributed by atoms with Crippen molar-refractivity contribution in [3.05, 3.63) is 20.3 Å². The second kappa shape index (κ2) is 6.78. The van der Waals surface area contributed by atoms with Crippen LogP contribution in [-0.4, -0.2) is 23.0 Å². The van der Waals surface area contributed by atoms with E-state index < -0.39 is 11.9 Å². The maximum Gasteiger partial charge on any atom is 0.308 e. The van der Waals surface area contributed by atoms with Crippen molar-refractivity contribution in [1.82, 2.24) is 5.32 Å². The molecule has 0 radical (unpaired) electrons. The van der Waals surface area contributed by atoms with E-state index in [-0.39, 0.29) is 11.9 Å². The second-order valence-corrected chi connectivity index (χ2v) is 7.19.